The first-order valence-corrected chi connectivity index (χ1v) is 10.9. The van der Waals surface area contributed by atoms with Crippen molar-refractivity contribution in [2.75, 3.05) is 13.2 Å². The van der Waals surface area contributed by atoms with Crippen LogP contribution >= 0.6 is 27.5 Å². The summed E-state index contributed by atoms with van der Waals surface area (Å²) in [5.74, 6) is 3.73. The van der Waals surface area contributed by atoms with Gasteiger partial charge in [0.2, 0.25) is 0 Å². The molecule has 0 heterocycles. The lowest BCUT2D eigenvalue weighted by atomic mass is 10.0. The summed E-state index contributed by atoms with van der Waals surface area (Å²) < 4.78 is 12.8. The van der Waals surface area contributed by atoms with Crippen LogP contribution in [-0.4, -0.2) is 13.2 Å². The van der Waals surface area contributed by atoms with Crippen molar-refractivity contribution >= 4 is 27.5 Å². The molecule has 0 aliphatic rings. The zero-order chi connectivity index (χ0) is 21.3. The van der Waals surface area contributed by atoms with Gasteiger partial charge in [0.1, 0.15) is 24.7 Å². The van der Waals surface area contributed by atoms with Gasteiger partial charge in [0, 0.05) is 28.2 Å². The molecule has 0 radical (unpaired) electrons. The van der Waals surface area contributed by atoms with E-state index in [9.17, 15) is 0 Å². The van der Waals surface area contributed by atoms with Crippen LogP contribution in [0.4, 0.5) is 0 Å². The maximum Gasteiger partial charge on any atom is 0.148 e. The lowest BCUT2D eigenvalue weighted by molar-refractivity contribution is 0.301. The Hall–Kier alpha value is -2.45. The van der Waals surface area contributed by atoms with Crippen LogP contribution in [0.3, 0.4) is 0 Å². The Kier molecular flexibility index (Phi) is 8.21. The van der Waals surface area contributed by atoms with E-state index in [2.05, 4.69) is 45.4 Å². The second-order valence-corrected chi connectivity index (χ2v) is 7.80. The SMILES string of the molecule is C#CCOc1cc(OCc2cccc(-c3ccccc3)c2Br)c(Cl)cc1CNCC. The van der Waals surface area contributed by atoms with E-state index in [0.717, 1.165) is 33.3 Å². The predicted molar refractivity (Wildman–Crippen MR) is 127 cm³/mol. The molecule has 0 saturated heterocycles. The maximum atomic E-state index is 6.49. The van der Waals surface area contributed by atoms with Gasteiger partial charge in [-0.15, -0.1) is 6.42 Å². The quantitative estimate of drug-likeness (QED) is 0.353. The van der Waals surface area contributed by atoms with Gasteiger partial charge in [0.05, 0.1) is 5.02 Å². The van der Waals surface area contributed by atoms with E-state index in [1.54, 1.807) is 6.07 Å². The molecule has 5 heteroatoms. The number of ether oxygens (including phenoxy) is 2. The van der Waals surface area contributed by atoms with Crippen molar-refractivity contribution in [3.05, 3.63) is 81.3 Å². The number of halogens is 2. The first kappa shape index (κ1) is 22.2. The molecule has 0 bridgehead atoms. The minimum absolute atomic E-state index is 0.185. The molecular weight excluding hydrogens is 462 g/mol. The largest absolute Gasteiger partial charge is 0.487 e. The Morgan fingerprint density at radius 1 is 1.00 bits per heavy atom. The minimum atomic E-state index is 0.185. The first-order chi connectivity index (χ1) is 14.6. The predicted octanol–water partition coefficient (Wildman–Crippen LogP) is 6.47. The zero-order valence-electron chi connectivity index (χ0n) is 16.8. The minimum Gasteiger partial charge on any atom is -0.487 e. The summed E-state index contributed by atoms with van der Waals surface area (Å²) >= 11 is 10.2. The van der Waals surface area contributed by atoms with E-state index < -0.39 is 0 Å². The highest BCUT2D eigenvalue weighted by molar-refractivity contribution is 9.10. The average Bonchev–Trinajstić information content (AvgIpc) is 2.77. The van der Waals surface area contributed by atoms with Gasteiger partial charge in [-0.25, -0.2) is 0 Å². The number of terminal acetylenes is 1. The van der Waals surface area contributed by atoms with Crippen LogP contribution in [0.1, 0.15) is 18.1 Å². The molecule has 0 unspecified atom stereocenters. The third kappa shape index (κ3) is 5.58. The lowest BCUT2D eigenvalue weighted by Crippen LogP contribution is -2.13. The van der Waals surface area contributed by atoms with Crippen molar-refractivity contribution in [2.24, 2.45) is 0 Å². The summed E-state index contributed by atoms with van der Waals surface area (Å²) in [6.07, 6.45) is 5.35. The molecule has 0 aliphatic heterocycles. The van der Waals surface area contributed by atoms with Crippen molar-refractivity contribution in [3.63, 3.8) is 0 Å². The van der Waals surface area contributed by atoms with Gasteiger partial charge in [-0.3, -0.25) is 0 Å². The summed E-state index contributed by atoms with van der Waals surface area (Å²) in [4.78, 5) is 0. The number of nitrogens with one attached hydrogen (secondary N) is 1. The Bertz CT molecular complexity index is 1030. The summed E-state index contributed by atoms with van der Waals surface area (Å²) in [5, 5.41) is 3.81. The third-order valence-electron chi connectivity index (χ3n) is 4.54. The topological polar surface area (TPSA) is 30.5 Å². The Morgan fingerprint density at radius 3 is 2.53 bits per heavy atom. The molecule has 0 aromatic heterocycles. The van der Waals surface area contributed by atoms with E-state index in [1.165, 1.54) is 0 Å². The van der Waals surface area contributed by atoms with Crippen LogP contribution in [0.25, 0.3) is 11.1 Å². The van der Waals surface area contributed by atoms with Crippen LogP contribution in [0.15, 0.2) is 65.1 Å². The summed E-state index contributed by atoms with van der Waals surface area (Å²) in [6, 6.07) is 20.0. The molecule has 0 amide bonds. The van der Waals surface area contributed by atoms with Crippen LogP contribution in [-0.2, 0) is 13.2 Å². The normalized spacial score (nSPS) is 10.5. The molecule has 154 valence electrons. The van der Waals surface area contributed by atoms with Crippen molar-refractivity contribution in [1.29, 1.82) is 0 Å². The highest BCUT2D eigenvalue weighted by atomic mass is 79.9. The maximum absolute atomic E-state index is 6.49. The second-order valence-electron chi connectivity index (χ2n) is 6.60. The number of hydrogen-bond donors (Lipinski definition) is 1. The molecule has 0 fully saturated rings. The zero-order valence-corrected chi connectivity index (χ0v) is 19.1. The number of rotatable bonds is 9. The Labute approximate surface area is 191 Å². The molecule has 0 spiro atoms. The van der Waals surface area contributed by atoms with Crippen molar-refractivity contribution in [3.8, 4) is 35.0 Å². The van der Waals surface area contributed by atoms with Crippen molar-refractivity contribution in [2.45, 2.75) is 20.1 Å². The standard InChI is InChI=1S/C25H23BrClNO2/c1-3-13-29-23-15-24(22(27)14-20(23)16-28-4-2)30-17-19-11-8-12-21(25(19)26)18-9-6-5-7-10-18/h1,5-12,14-15,28H,4,13,16-17H2,2H3. The molecule has 3 aromatic carbocycles. The van der Waals surface area contributed by atoms with Crippen LogP contribution in [0.2, 0.25) is 5.02 Å². The van der Waals surface area contributed by atoms with Crippen LogP contribution < -0.4 is 14.8 Å². The molecule has 1 N–H and O–H groups in total. The summed E-state index contributed by atoms with van der Waals surface area (Å²) in [7, 11) is 0. The van der Waals surface area contributed by atoms with Gasteiger partial charge in [-0.05, 0) is 39.7 Å². The van der Waals surface area contributed by atoms with Gasteiger partial charge in [0.15, 0.2) is 0 Å². The first-order valence-electron chi connectivity index (χ1n) is 9.69. The van der Waals surface area contributed by atoms with Gasteiger partial charge in [-0.1, -0.05) is 73.0 Å². The highest BCUT2D eigenvalue weighted by Crippen LogP contribution is 2.35. The Morgan fingerprint density at radius 2 is 1.80 bits per heavy atom. The molecule has 30 heavy (non-hydrogen) atoms. The van der Waals surface area contributed by atoms with E-state index >= 15 is 0 Å². The van der Waals surface area contributed by atoms with E-state index in [0.29, 0.717) is 29.7 Å². The molecule has 3 nitrogen and oxygen atoms in total. The van der Waals surface area contributed by atoms with Crippen LogP contribution in [0, 0.1) is 12.3 Å². The van der Waals surface area contributed by atoms with E-state index in [1.807, 2.05) is 43.3 Å². The fourth-order valence-corrected chi connectivity index (χ4v) is 3.87. The molecule has 3 aromatic rings. The monoisotopic (exact) mass is 483 g/mol. The molecule has 0 saturated carbocycles. The van der Waals surface area contributed by atoms with Crippen LogP contribution in [0.5, 0.6) is 11.5 Å². The average molecular weight is 485 g/mol. The molecule has 3 rings (SSSR count). The molecule has 0 aliphatic carbocycles. The third-order valence-corrected chi connectivity index (χ3v) is 5.77. The van der Waals surface area contributed by atoms with E-state index in [-0.39, 0.29) is 6.61 Å². The molecule has 0 atom stereocenters. The van der Waals surface area contributed by atoms with E-state index in [4.69, 9.17) is 27.5 Å². The van der Waals surface area contributed by atoms with Gasteiger partial charge in [0.25, 0.3) is 0 Å². The van der Waals surface area contributed by atoms with Gasteiger partial charge < -0.3 is 14.8 Å². The lowest BCUT2D eigenvalue weighted by Gasteiger charge is -2.16. The second kappa shape index (κ2) is 11.1. The number of hydrogen-bond acceptors (Lipinski definition) is 3. The highest BCUT2D eigenvalue weighted by Gasteiger charge is 2.13. The van der Waals surface area contributed by atoms with Gasteiger partial charge in [-0.2, -0.15) is 0 Å². The van der Waals surface area contributed by atoms with Crippen molar-refractivity contribution in [1.82, 2.24) is 5.32 Å². The fraction of sp³-hybridized carbons (Fsp3) is 0.200. The Balaban J connectivity index is 1.82. The smallest absolute Gasteiger partial charge is 0.148 e. The van der Waals surface area contributed by atoms with Crippen molar-refractivity contribution < 1.29 is 9.47 Å². The number of benzene rings is 3. The summed E-state index contributed by atoms with van der Waals surface area (Å²) in [5.41, 5.74) is 4.22. The fourth-order valence-electron chi connectivity index (χ4n) is 3.03. The molecular formula is C25H23BrClNO2. The summed E-state index contributed by atoms with van der Waals surface area (Å²) in [6.45, 7) is 4.08. The van der Waals surface area contributed by atoms with Gasteiger partial charge >= 0.3 is 0 Å².